The Kier molecular flexibility index (Phi) is 11.3. The smallest absolute Gasteiger partial charge is 0.416 e. The highest BCUT2D eigenvalue weighted by molar-refractivity contribution is 5.76. The molecule has 0 atom stereocenters. The number of halogens is 3. The van der Waals surface area contributed by atoms with Gasteiger partial charge >= 0.3 is 11.9 Å². The van der Waals surface area contributed by atoms with Crippen molar-refractivity contribution in [1.29, 1.82) is 0 Å². The first kappa shape index (κ1) is 32.5. The van der Waals surface area contributed by atoms with Crippen LogP contribution in [0, 0.1) is 16.0 Å². The van der Waals surface area contributed by atoms with Gasteiger partial charge in [0.15, 0.2) is 5.75 Å². The van der Waals surface area contributed by atoms with Crippen LogP contribution in [0.4, 0.5) is 24.5 Å². The lowest BCUT2D eigenvalue weighted by atomic mass is 10.0. The topological polar surface area (TPSA) is 97.2 Å². The van der Waals surface area contributed by atoms with Gasteiger partial charge < -0.3 is 24.6 Å². The Bertz CT molecular complexity index is 1210. The zero-order valence-electron chi connectivity index (χ0n) is 24.8. The Morgan fingerprint density at radius 2 is 1.72 bits per heavy atom. The van der Waals surface area contributed by atoms with Gasteiger partial charge in [-0.05, 0) is 55.4 Å². The zero-order chi connectivity index (χ0) is 31.0. The van der Waals surface area contributed by atoms with E-state index in [1.807, 2.05) is 18.7 Å². The Morgan fingerprint density at radius 3 is 2.33 bits per heavy atom. The summed E-state index contributed by atoms with van der Waals surface area (Å²) in [4.78, 5) is 28.0. The second kappa shape index (κ2) is 14.9. The lowest BCUT2D eigenvalue weighted by molar-refractivity contribution is -0.385. The molecule has 0 bridgehead atoms. The number of anilines is 1. The van der Waals surface area contributed by atoms with Gasteiger partial charge in [-0.25, -0.2) is 0 Å². The normalized spacial score (nSPS) is 17.3. The average Bonchev–Trinajstić information content (AvgIpc) is 2.98. The SMILES string of the molecule is CC(C)COc1cc(NC2CCN(C(=O)CCN3CCC(OCc4ccc(C(F)(F)F)cc4)CC3)CC2)ccc1[N+](=O)[O-]. The Labute approximate surface area is 250 Å². The number of benzene rings is 2. The third kappa shape index (κ3) is 9.82. The number of nitro benzene ring substituents is 1. The predicted molar refractivity (Wildman–Crippen MR) is 157 cm³/mol. The van der Waals surface area contributed by atoms with E-state index in [0.29, 0.717) is 38.2 Å². The number of carbonyl (C=O) groups is 1. The fraction of sp³-hybridized carbons (Fsp3) is 0.581. The number of carbonyl (C=O) groups excluding carboxylic acids is 1. The quantitative estimate of drug-likeness (QED) is 0.230. The number of rotatable bonds is 12. The molecule has 43 heavy (non-hydrogen) atoms. The first-order chi connectivity index (χ1) is 20.5. The number of piperidine rings is 2. The van der Waals surface area contributed by atoms with Crippen LogP contribution in [-0.4, -0.2) is 72.1 Å². The molecule has 2 fully saturated rings. The molecule has 2 aromatic rings. The Balaban J connectivity index is 1.13. The lowest BCUT2D eigenvalue weighted by Gasteiger charge is -2.35. The summed E-state index contributed by atoms with van der Waals surface area (Å²) in [6, 6.07) is 10.1. The Hall–Kier alpha value is -3.38. The van der Waals surface area contributed by atoms with Gasteiger partial charge in [0.05, 0.1) is 29.8 Å². The molecule has 0 spiro atoms. The minimum absolute atomic E-state index is 0.0503. The fourth-order valence-corrected chi connectivity index (χ4v) is 5.35. The van der Waals surface area contributed by atoms with Gasteiger partial charge in [0, 0.05) is 63.0 Å². The Morgan fingerprint density at radius 1 is 1.05 bits per heavy atom. The van der Waals surface area contributed by atoms with Crippen molar-refractivity contribution < 1.29 is 32.4 Å². The van der Waals surface area contributed by atoms with Crippen LogP contribution in [0.1, 0.15) is 57.1 Å². The van der Waals surface area contributed by atoms with Crippen LogP contribution in [0.25, 0.3) is 0 Å². The summed E-state index contributed by atoms with van der Waals surface area (Å²) in [5.74, 6) is 0.637. The van der Waals surface area contributed by atoms with Gasteiger partial charge in [-0.1, -0.05) is 26.0 Å². The third-order valence-electron chi connectivity index (χ3n) is 7.89. The van der Waals surface area contributed by atoms with E-state index >= 15 is 0 Å². The van der Waals surface area contributed by atoms with E-state index in [-0.39, 0.29) is 42.0 Å². The number of alkyl halides is 3. The molecule has 12 heteroatoms. The van der Waals surface area contributed by atoms with Crippen LogP contribution in [-0.2, 0) is 22.3 Å². The van der Waals surface area contributed by atoms with Gasteiger partial charge in [-0.3, -0.25) is 14.9 Å². The molecule has 0 aliphatic carbocycles. The minimum Gasteiger partial charge on any atom is -0.486 e. The highest BCUT2D eigenvalue weighted by Crippen LogP contribution is 2.32. The van der Waals surface area contributed by atoms with Gasteiger partial charge in [0.25, 0.3) is 0 Å². The largest absolute Gasteiger partial charge is 0.486 e. The number of hydrogen-bond acceptors (Lipinski definition) is 7. The molecule has 0 aromatic heterocycles. The molecule has 2 heterocycles. The summed E-state index contributed by atoms with van der Waals surface area (Å²) >= 11 is 0. The maximum atomic E-state index is 12.9. The van der Waals surface area contributed by atoms with Crippen molar-refractivity contribution in [1.82, 2.24) is 9.80 Å². The summed E-state index contributed by atoms with van der Waals surface area (Å²) in [6.45, 7) is 8.26. The summed E-state index contributed by atoms with van der Waals surface area (Å²) in [7, 11) is 0. The number of nitro groups is 1. The fourth-order valence-electron chi connectivity index (χ4n) is 5.35. The van der Waals surface area contributed by atoms with Crippen LogP contribution in [0.15, 0.2) is 42.5 Å². The second-order valence-corrected chi connectivity index (χ2v) is 11.7. The summed E-state index contributed by atoms with van der Waals surface area (Å²) in [5, 5.41) is 14.8. The maximum Gasteiger partial charge on any atom is 0.416 e. The van der Waals surface area contributed by atoms with E-state index in [9.17, 15) is 28.1 Å². The molecule has 0 saturated carbocycles. The molecule has 1 N–H and O–H groups in total. The van der Waals surface area contributed by atoms with Crippen molar-refractivity contribution in [2.75, 3.05) is 44.6 Å². The first-order valence-electron chi connectivity index (χ1n) is 14.9. The molecular weight excluding hydrogens is 565 g/mol. The molecule has 9 nitrogen and oxygen atoms in total. The van der Waals surface area contributed by atoms with E-state index in [2.05, 4.69) is 10.2 Å². The van der Waals surface area contributed by atoms with Gasteiger partial charge in [0.1, 0.15) is 0 Å². The summed E-state index contributed by atoms with van der Waals surface area (Å²) in [6.07, 6.45) is -0.633. The van der Waals surface area contributed by atoms with Gasteiger partial charge in [-0.2, -0.15) is 13.2 Å². The standard InChI is InChI=1S/C31H41F3N4O5/c1-22(2)20-43-29-19-26(7-8-28(29)38(40)41)35-25-9-17-37(18-10-25)30(39)13-16-36-14-11-27(12-15-36)42-21-23-3-5-24(6-4-23)31(32,33)34/h3-8,19,22,25,27,35H,9-18,20-21H2,1-2H3. The van der Waals surface area contributed by atoms with Crippen LogP contribution < -0.4 is 10.1 Å². The van der Waals surface area contributed by atoms with Crippen molar-refractivity contribution in [3.8, 4) is 5.75 Å². The van der Waals surface area contributed by atoms with E-state index < -0.39 is 16.7 Å². The zero-order valence-corrected chi connectivity index (χ0v) is 24.8. The van der Waals surface area contributed by atoms with Gasteiger partial charge in [0.2, 0.25) is 5.91 Å². The van der Waals surface area contributed by atoms with Crippen molar-refractivity contribution in [2.45, 2.75) is 70.9 Å². The number of ether oxygens (including phenoxy) is 2. The molecule has 2 aromatic carbocycles. The molecule has 0 unspecified atom stereocenters. The molecule has 2 saturated heterocycles. The van der Waals surface area contributed by atoms with Crippen LogP contribution >= 0.6 is 0 Å². The van der Waals surface area contributed by atoms with Crippen LogP contribution in [0.5, 0.6) is 5.75 Å². The predicted octanol–water partition coefficient (Wildman–Crippen LogP) is 6.12. The lowest BCUT2D eigenvalue weighted by Crippen LogP contribution is -2.44. The molecule has 4 rings (SSSR count). The van der Waals surface area contributed by atoms with Crippen LogP contribution in [0.3, 0.4) is 0 Å². The number of nitrogens with zero attached hydrogens (tertiary/aromatic N) is 3. The van der Waals surface area contributed by atoms with Crippen molar-refractivity contribution in [3.63, 3.8) is 0 Å². The number of amides is 1. The van der Waals surface area contributed by atoms with E-state index in [1.54, 1.807) is 12.1 Å². The molecule has 0 radical (unpaired) electrons. The number of hydrogen-bond donors (Lipinski definition) is 1. The third-order valence-corrected chi connectivity index (χ3v) is 7.89. The highest BCUT2D eigenvalue weighted by atomic mass is 19.4. The molecule has 1 amide bonds. The van der Waals surface area contributed by atoms with Crippen LogP contribution in [0.2, 0.25) is 0 Å². The van der Waals surface area contributed by atoms with Crippen molar-refractivity contribution in [3.05, 3.63) is 63.7 Å². The van der Waals surface area contributed by atoms with Crippen molar-refractivity contribution >= 4 is 17.3 Å². The minimum atomic E-state index is -4.34. The van der Waals surface area contributed by atoms with Crippen molar-refractivity contribution in [2.24, 2.45) is 5.92 Å². The molecule has 236 valence electrons. The van der Waals surface area contributed by atoms with E-state index in [1.165, 1.54) is 18.2 Å². The monoisotopic (exact) mass is 606 g/mol. The number of nitrogens with one attached hydrogen (secondary N) is 1. The molecular formula is C31H41F3N4O5. The maximum absolute atomic E-state index is 12.9. The molecule has 2 aliphatic rings. The first-order valence-corrected chi connectivity index (χ1v) is 14.9. The molecule has 2 aliphatic heterocycles. The number of likely N-dealkylation sites (tertiary alicyclic amines) is 2. The summed E-state index contributed by atoms with van der Waals surface area (Å²) in [5.41, 5.74) is 0.763. The average molecular weight is 607 g/mol. The van der Waals surface area contributed by atoms with E-state index in [4.69, 9.17) is 9.47 Å². The highest BCUT2D eigenvalue weighted by Gasteiger charge is 2.30. The summed E-state index contributed by atoms with van der Waals surface area (Å²) < 4.78 is 49.8. The second-order valence-electron chi connectivity index (χ2n) is 11.7. The van der Waals surface area contributed by atoms with Gasteiger partial charge in [-0.15, -0.1) is 0 Å². The van der Waals surface area contributed by atoms with E-state index in [0.717, 1.165) is 56.6 Å².